The number of hydrogen-bond acceptors (Lipinski definition) is 3. The molecule has 0 saturated heterocycles. The largest absolute Gasteiger partial charge is 0.481 e. The van der Waals surface area contributed by atoms with Gasteiger partial charge in [0.1, 0.15) is 5.60 Å². The van der Waals surface area contributed by atoms with E-state index in [0.717, 1.165) is 44.9 Å². The van der Waals surface area contributed by atoms with Crippen molar-refractivity contribution in [3.63, 3.8) is 0 Å². The van der Waals surface area contributed by atoms with Crippen LogP contribution in [0.2, 0.25) is 0 Å². The molecule has 0 spiro atoms. The molecule has 4 heteroatoms. The Bertz CT molecular complexity index is 605. The fourth-order valence-corrected chi connectivity index (χ4v) is 7.03. The Kier molecular flexibility index (Phi) is 3.48. The molecule has 5 aliphatic rings. The lowest BCUT2D eigenvalue weighted by molar-refractivity contribution is -0.215. The van der Waals surface area contributed by atoms with Crippen molar-refractivity contribution < 1.29 is 19.4 Å². The summed E-state index contributed by atoms with van der Waals surface area (Å²) in [6.07, 6.45) is 6.73. The monoisotopic (exact) mass is 348 g/mol. The lowest BCUT2D eigenvalue weighted by Gasteiger charge is -2.59. The topological polar surface area (TPSA) is 63.6 Å². The normalized spacial score (nSPS) is 46.3. The lowest BCUT2D eigenvalue weighted by Crippen LogP contribution is -2.60. The smallest absolute Gasteiger partial charge is 0.313 e. The Balaban J connectivity index is 1.58. The fraction of sp³-hybridized carbons (Fsp3) is 0.905. The molecule has 1 N–H and O–H groups in total. The van der Waals surface area contributed by atoms with Gasteiger partial charge in [-0.3, -0.25) is 9.59 Å². The van der Waals surface area contributed by atoms with E-state index in [2.05, 4.69) is 27.7 Å². The number of aliphatic carboxylic acids is 1. The Morgan fingerprint density at radius 3 is 2.08 bits per heavy atom. The molecule has 0 aliphatic heterocycles. The number of ether oxygens (including phenoxy) is 1. The quantitative estimate of drug-likeness (QED) is 0.747. The Morgan fingerprint density at radius 2 is 1.64 bits per heavy atom. The zero-order chi connectivity index (χ0) is 18.3. The van der Waals surface area contributed by atoms with E-state index in [-0.39, 0.29) is 16.8 Å². The van der Waals surface area contributed by atoms with Crippen LogP contribution in [0.15, 0.2) is 0 Å². The molecule has 5 fully saturated rings. The average Bonchev–Trinajstić information content (AvgIpc) is 2.98. The number of carbonyl (C=O) groups is 2. The van der Waals surface area contributed by atoms with E-state index >= 15 is 0 Å². The number of rotatable bonds is 5. The summed E-state index contributed by atoms with van der Waals surface area (Å²) in [6.45, 7) is 8.64. The van der Waals surface area contributed by atoms with Crippen LogP contribution in [0.5, 0.6) is 0 Å². The summed E-state index contributed by atoms with van der Waals surface area (Å²) in [5, 5.41) is 9.86. The minimum atomic E-state index is -0.675. The first kappa shape index (κ1) is 17.4. The maximum Gasteiger partial charge on any atom is 0.313 e. The number of carboxylic acids is 1. The molecule has 0 radical (unpaired) electrons. The number of carbonyl (C=O) groups excluding carboxylic acids is 1. The zero-order valence-electron chi connectivity index (χ0n) is 16.1. The predicted octanol–water partition coefficient (Wildman–Crippen LogP) is 4.42. The number of hydrogen-bond donors (Lipinski definition) is 1. The van der Waals surface area contributed by atoms with Gasteiger partial charge < -0.3 is 9.84 Å². The van der Waals surface area contributed by atoms with Gasteiger partial charge in [0.15, 0.2) is 0 Å². The Labute approximate surface area is 150 Å². The van der Waals surface area contributed by atoms with Crippen LogP contribution in [-0.2, 0) is 14.3 Å². The molecular weight excluding hydrogens is 316 g/mol. The number of carboxylic acid groups (broad SMARTS) is 1. The predicted molar refractivity (Wildman–Crippen MR) is 93.9 cm³/mol. The summed E-state index contributed by atoms with van der Waals surface area (Å²) in [6, 6.07) is 0. The molecule has 5 saturated carbocycles. The van der Waals surface area contributed by atoms with Crippen LogP contribution in [0.25, 0.3) is 0 Å². The maximum absolute atomic E-state index is 13.3. The maximum atomic E-state index is 13.3. The van der Waals surface area contributed by atoms with E-state index in [1.54, 1.807) is 0 Å². The average molecular weight is 348 g/mol. The first-order valence-corrected chi connectivity index (χ1v) is 9.98. The summed E-state index contributed by atoms with van der Waals surface area (Å²) in [5.41, 5.74) is -1.52. The van der Waals surface area contributed by atoms with Crippen molar-refractivity contribution in [2.45, 2.75) is 84.7 Å². The standard InChI is InChI=1S/C21H32O4/c1-13(2)6-21(11-18(21,3)4)17(24)25-20-9-14-5-15(10-20)8-19(7-14,12-20)16(22)23/h13-15H,5-12H2,1-4H3,(H,22,23). The van der Waals surface area contributed by atoms with E-state index < -0.39 is 17.0 Å². The van der Waals surface area contributed by atoms with Crippen molar-refractivity contribution in [1.82, 2.24) is 0 Å². The van der Waals surface area contributed by atoms with Crippen molar-refractivity contribution in [3.05, 3.63) is 0 Å². The van der Waals surface area contributed by atoms with Crippen LogP contribution in [-0.4, -0.2) is 22.6 Å². The van der Waals surface area contributed by atoms with Crippen LogP contribution in [0.4, 0.5) is 0 Å². The van der Waals surface area contributed by atoms with Crippen molar-refractivity contribution in [1.29, 1.82) is 0 Å². The second-order valence-electron chi connectivity index (χ2n) is 10.9. The molecule has 3 unspecified atom stereocenters. The molecule has 0 aromatic heterocycles. The van der Waals surface area contributed by atoms with E-state index in [0.29, 0.717) is 24.2 Å². The molecule has 0 aromatic carbocycles. The molecule has 5 rings (SSSR count). The van der Waals surface area contributed by atoms with Gasteiger partial charge in [0, 0.05) is 6.42 Å². The highest BCUT2D eigenvalue weighted by Gasteiger charge is 2.69. The van der Waals surface area contributed by atoms with Gasteiger partial charge in [-0.2, -0.15) is 0 Å². The SMILES string of the molecule is CC(C)CC1(C(=O)OC23CC4CC(C2)CC(C(=O)O)(C4)C3)CC1(C)C. The van der Waals surface area contributed by atoms with Crippen molar-refractivity contribution in [2.75, 3.05) is 0 Å². The third kappa shape index (κ3) is 2.46. The van der Waals surface area contributed by atoms with Crippen LogP contribution in [0.1, 0.15) is 79.1 Å². The Hall–Kier alpha value is -1.06. The van der Waals surface area contributed by atoms with Crippen LogP contribution in [0.3, 0.4) is 0 Å². The van der Waals surface area contributed by atoms with Gasteiger partial charge in [-0.1, -0.05) is 27.7 Å². The third-order valence-electron chi connectivity index (χ3n) is 7.83. The minimum absolute atomic E-state index is 0.00112. The second-order valence-corrected chi connectivity index (χ2v) is 10.9. The van der Waals surface area contributed by atoms with E-state index in [4.69, 9.17) is 4.74 Å². The van der Waals surface area contributed by atoms with Gasteiger partial charge in [-0.25, -0.2) is 0 Å². The van der Waals surface area contributed by atoms with Gasteiger partial charge >= 0.3 is 11.9 Å². The summed E-state index contributed by atoms with van der Waals surface area (Å²) in [5.74, 6) is 0.562. The molecule has 0 aromatic rings. The highest BCUT2D eigenvalue weighted by atomic mass is 16.6. The molecular formula is C21H32O4. The summed E-state index contributed by atoms with van der Waals surface area (Å²) in [4.78, 5) is 25.3. The lowest BCUT2D eigenvalue weighted by atomic mass is 9.48. The molecule has 0 amide bonds. The van der Waals surface area contributed by atoms with Gasteiger partial charge in [-0.05, 0) is 68.1 Å². The van der Waals surface area contributed by atoms with Gasteiger partial charge in [0.05, 0.1) is 10.8 Å². The van der Waals surface area contributed by atoms with Gasteiger partial charge in [-0.15, -0.1) is 0 Å². The number of esters is 1. The summed E-state index contributed by atoms with van der Waals surface area (Å²) < 4.78 is 6.29. The van der Waals surface area contributed by atoms with E-state index in [1.165, 1.54) is 0 Å². The van der Waals surface area contributed by atoms with Crippen LogP contribution in [0, 0.1) is 34.0 Å². The molecule has 4 nitrogen and oxygen atoms in total. The van der Waals surface area contributed by atoms with Gasteiger partial charge in [0.25, 0.3) is 0 Å². The molecule has 25 heavy (non-hydrogen) atoms. The van der Waals surface area contributed by atoms with Gasteiger partial charge in [0.2, 0.25) is 0 Å². The van der Waals surface area contributed by atoms with Crippen LogP contribution < -0.4 is 0 Å². The van der Waals surface area contributed by atoms with Crippen molar-refractivity contribution in [3.8, 4) is 0 Å². The fourth-order valence-electron chi connectivity index (χ4n) is 7.03. The van der Waals surface area contributed by atoms with Crippen molar-refractivity contribution in [2.24, 2.45) is 34.0 Å². The first-order chi connectivity index (χ1) is 11.5. The molecule has 4 bridgehead atoms. The van der Waals surface area contributed by atoms with E-state index in [9.17, 15) is 14.7 Å². The third-order valence-corrected chi connectivity index (χ3v) is 7.83. The summed E-state index contributed by atoms with van der Waals surface area (Å²) in [7, 11) is 0. The highest BCUT2D eigenvalue weighted by molar-refractivity contribution is 5.82. The minimum Gasteiger partial charge on any atom is -0.481 e. The first-order valence-electron chi connectivity index (χ1n) is 9.98. The summed E-state index contributed by atoms with van der Waals surface area (Å²) >= 11 is 0. The molecule has 5 aliphatic carbocycles. The van der Waals surface area contributed by atoms with E-state index in [1.807, 2.05) is 0 Å². The zero-order valence-corrected chi connectivity index (χ0v) is 16.1. The highest BCUT2D eigenvalue weighted by Crippen LogP contribution is 2.69. The molecule has 140 valence electrons. The Morgan fingerprint density at radius 1 is 1.08 bits per heavy atom. The second kappa shape index (κ2) is 5.01. The van der Waals surface area contributed by atoms with Crippen molar-refractivity contribution >= 4 is 11.9 Å². The molecule has 3 atom stereocenters. The van der Waals surface area contributed by atoms with Crippen LogP contribution >= 0.6 is 0 Å². The molecule has 0 heterocycles.